The van der Waals surface area contributed by atoms with Crippen LogP contribution >= 0.6 is 0 Å². The molecule has 0 aliphatic carbocycles. The molecule has 5 nitrogen and oxygen atoms in total. The Bertz CT molecular complexity index is 594. The molecule has 0 spiro atoms. The van der Waals surface area contributed by atoms with Gasteiger partial charge in [0.15, 0.2) is 0 Å². The van der Waals surface area contributed by atoms with Gasteiger partial charge in [0.25, 0.3) is 0 Å². The van der Waals surface area contributed by atoms with Crippen molar-refractivity contribution < 1.29 is 14.6 Å². The Balaban J connectivity index is 1.74. The number of amides is 1. The van der Waals surface area contributed by atoms with E-state index in [9.17, 15) is 4.79 Å². The van der Waals surface area contributed by atoms with Crippen molar-refractivity contribution in [3.8, 4) is 0 Å². The fourth-order valence-corrected chi connectivity index (χ4v) is 1.98. The molecule has 0 saturated carbocycles. The molecular weight excluding hydrogens is 280 g/mol. The van der Waals surface area contributed by atoms with Crippen LogP contribution in [0, 0.1) is 0 Å². The quantitative estimate of drug-likeness (QED) is 0.716. The summed E-state index contributed by atoms with van der Waals surface area (Å²) in [6.07, 6.45) is 0.764. The van der Waals surface area contributed by atoms with Gasteiger partial charge in [-0.2, -0.15) is 0 Å². The van der Waals surface area contributed by atoms with E-state index in [1.807, 2.05) is 36.4 Å². The van der Waals surface area contributed by atoms with Crippen molar-refractivity contribution in [2.24, 2.45) is 0 Å². The topological polar surface area (TPSA) is 84.6 Å². The highest BCUT2D eigenvalue weighted by atomic mass is 16.5. The molecule has 0 saturated heterocycles. The van der Waals surface area contributed by atoms with Gasteiger partial charge in [-0.25, -0.2) is 4.79 Å². The van der Waals surface area contributed by atoms with Gasteiger partial charge in [0.1, 0.15) is 0 Å². The van der Waals surface area contributed by atoms with Gasteiger partial charge in [-0.1, -0.05) is 24.3 Å². The molecule has 0 bridgehead atoms. The monoisotopic (exact) mass is 300 g/mol. The predicted octanol–water partition coefficient (Wildman–Crippen LogP) is 2.59. The number of hydrogen-bond acceptors (Lipinski definition) is 4. The molecule has 0 radical (unpaired) electrons. The van der Waals surface area contributed by atoms with Crippen LogP contribution in [-0.2, 0) is 17.6 Å². The van der Waals surface area contributed by atoms with Crippen molar-refractivity contribution in [2.75, 3.05) is 24.3 Å². The van der Waals surface area contributed by atoms with E-state index in [1.165, 1.54) is 0 Å². The maximum absolute atomic E-state index is 11.7. The van der Waals surface area contributed by atoms with E-state index in [2.05, 4.69) is 5.32 Å². The maximum Gasteiger partial charge on any atom is 0.411 e. The molecule has 2 rings (SSSR count). The smallest absolute Gasteiger partial charge is 0.411 e. The highest BCUT2D eigenvalue weighted by Crippen LogP contribution is 2.11. The zero-order valence-electron chi connectivity index (χ0n) is 12.3. The minimum Gasteiger partial charge on any atom is -0.449 e. The first-order valence-corrected chi connectivity index (χ1v) is 7.15. The van der Waals surface area contributed by atoms with E-state index in [4.69, 9.17) is 15.6 Å². The molecule has 2 aromatic carbocycles. The molecule has 2 aromatic rings. The van der Waals surface area contributed by atoms with Crippen LogP contribution < -0.4 is 11.1 Å². The first-order chi connectivity index (χ1) is 10.7. The van der Waals surface area contributed by atoms with Crippen LogP contribution in [0.5, 0.6) is 0 Å². The average molecular weight is 300 g/mol. The summed E-state index contributed by atoms with van der Waals surface area (Å²) in [7, 11) is 0. The molecule has 0 aliphatic heterocycles. The van der Waals surface area contributed by atoms with Gasteiger partial charge < -0.3 is 15.6 Å². The number of carbonyl (C=O) groups is 1. The summed E-state index contributed by atoms with van der Waals surface area (Å²) in [6.45, 7) is 0.415. The summed E-state index contributed by atoms with van der Waals surface area (Å²) in [6, 6.07) is 14.8. The van der Waals surface area contributed by atoms with Crippen molar-refractivity contribution in [1.29, 1.82) is 0 Å². The van der Waals surface area contributed by atoms with Crippen LogP contribution in [0.3, 0.4) is 0 Å². The molecule has 0 aromatic heterocycles. The van der Waals surface area contributed by atoms with Gasteiger partial charge >= 0.3 is 6.09 Å². The number of nitrogens with one attached hydrogen (secondary N) is 1. The lowest BCUT2D eigenvalue weighted by Crippen LogP contribution is -2.15. The molecule has 4 N–H and O–H groups in total. The highest BCUT2D eigenvalue weighted by Gasteiger charge is 2.03. The molecule has 5 heteroatoms. The number of aliphatic hydroxyl groups is 1. The number of carbonyl (C=O) groups excluding carboxylic acids is 1. The Kier molecular flexibility index (Phi) is 5.80. The third-order valence-electron chi connectivity index (χ3n) is 3.20. The number of nitrogen functional groups attached to an aromatic ring is 1. The van der Waals surface area contributed by atoms with E-state index >= 15 is 0 Å². The fraction of sp³-hybridized carbons (Fsp3) is 0.235. The number of ether oxygens (including phenoxy) is 1. The molecule has 0 atom stereocenters. The first kappa shape index (κ1) is 15.9. The molecule has 1 amide bonds. The standard InChI is InChI=1S/C17H20N2O3/c18-15-5-1-14(2-6-15)10-12-22-17(21)19-16-7-3-13(4-8-16)9-11-20/h1-8,20H,9-12,18H2,(H,19,21). The number of hydrogen-bond donors (Lipinski definition) is 3. The Morgan fingerprint density at radius 1 is 1.00 bits per heavy atom. The number of benzene rings is 2. The minimum absolute atomic E-state index is 0.111. The summed E-state index contributed by atoms with van der Waals surface area (Å²) in [5, 5.41) is 11.5. The summed E-state index contributed by atoms with van der Waals surface area (Å²) in [5.74, 6) is 0. The summed E-state index contributed by atoms with van der Waals surface area (Å²) in [5.41, 5.74) is 9.07. The van der Waals surface area contributed by atoms with E-state index in [-0.39, 0.29) is 6.61 Å². The van der Waals surface area contributed by atoms with Crippen LogP contribution in [0.15, 0.2) is 48.5 Å². The molecule has 22 heavy (non-hydrogen) atoms. The fourth-order valence-electron chi connectivity index (χ4n) is 1.98. The number of anilines is 2. The Morgan fingerprint density at radius 3 is 2.23 bits per heavy atom. The van der Waals surface area contributed by atoms with Crippen molar-refractivity contribution in [2.45, 2.75) is 12.8 Å². The summed E-state index contributed by atoms with van der Waals surface area (Å²) < 4.78 is 5.14. The third kappa shape index (κ3) is 5.10. The van der Waals surface area contributed by atoms with Crippen molar-refractivity contribution in [1.82, 2.24) is 0 Å². The van der Waals surface area contributed by atoms with Gasteiger partial charge in [0.2, 0.25) is 0 Å². The van der Waals surface area contributed by atoms with E-state index in [0.717, 1.165) is 11.1 Å². The summed E-state index contributed by atoms with van der Waals surface area (Å²) in [4.78, 5) is 11.7. The van der Waals surface area contributed by atoms with Crippen LogP contribution in [0.2, 0.25) is 0 Å². The minimum atomic E-state index is -0.481. The Morgan fingerprint density at radius 2 is 1.59 bits per heavy atom. The normalized spacial score (nSPS) is 10.2. The van der Waals surface area contributed by atoms with Gasteiger partial charge in [-0.15, -0.1) is 0 Å². The number of aliphatic hydroxyl groups excluding tert-OH is 1. The second kappa shape index (κ2) is 8.05. The van der Waals surface area contributed by atoms with Gasteiger partial charge in [-0.05, 0) is 41.8 Å². The lowest BCUT2D eigenvalue weighted by molar-refractivity contribution is 0.163. The Labute approximate surface area is 129 Å². The summed E-state index contributed by atoms with van der Waals surface area (Å²) >= 11 is 0. The van der Waals surface area contributed by atoms with Crippen molar-refractivity contribution in [3.63, 3.8) is 0 Å². The zero-order valence-corrected chi connectivity index (χ0v) is 12.3. The number of rotatable bonds is 6. The highest BCUT2D eigenvalue weighted by molar-refractivity contribution is 5.84. The lowest BCUT2D eigenvalue weighted by Gasteiger charge is -2.08. The molecular formula is C17H20N2O3. The molecule has 116 valence electrons. The van der Waals surface area contributed by atoms with Crippen LogP contribution in [0.1, 0.15) is 11.1 Å². The molecule has 0 fully saturated rings. The lowest BCUT2D eigenvalue weighted by atomic mass is 10.1. The van der Waals surface area contributed by atoms with Gasteiger partial charge in [0, 0.05) is 24.4 Å². The van der Waals surface area contributed by atoms with E-state index in [0.29, 0.717) is 30.8 Å². The van der Waals surface area contributed by atoms with Crippen molar-refractivity contribution >= 4 is 17.5 Å². The first-order valence-electron chi connectivity index (χ1n) is 7.15. The third-order valence-corrected chi connectivity index (χ3v) is 3.20. The largest absolute Gasteiger partial charge is 0.449 e. The molecule has 0 heterocycles. The number of nitrogens with two attached hydrogens (primary N) is 1. The molecule has 0 aliphatic rings. The zero-order chi connectivity index (χ0) is 15.8. The maximum atomic E-state index is 11.7. The van der Waals surface area contributed by atoms with Crippen LogP contribution in [-0.4, -0.2) is 24.4 Å². The SMILES string of the molecule is Nc1ccc(CCOC(=O)Nc2ccc(CCO)cc2)cc1. The van der Waals surface area contributed by atoms with E-state index in [1.54, 1.807) is 12.1 Å². The average Bonchev–Trinajstić information content (AvgIpc) is 2.51. The van der Waals surface area contributed by atoms with Crippen LogP contribution in [0.4, 0.5) is 16.2 Å². The Hall–Kier alpha value is -2.53. The van der Waals surface area contributed by atoms with E-state index < -0.39 is 6.09 Å². The molecule has 0 unspecified atom stereocenters. The van der Waals surface area contributed by atoms with Crippen LogP contribution in [0.25, 0.3) is 0 Å². The predicted molar refractivity (Wildman–Crippen MR) is 86.8 cm³/mol. The van der Waals surface area contributed by atoms with Crippen molar-refractivity contribution in [3.05, 3.63) is 59.7 Å². The van der Waals surface area contributed by atoms with Gasteiger partial charge in [-0.3, -0.25) is 5.32 Å². The second-order valence-electron chi connectivity index (χ2n) is 4.92. The second-order valence-corrected chi connectivity index (χ2v) is 4.92. The van der Waals surface area contributed by atoms with Gasteiger partial charge in [0.05, 0.1) is 6.61 Å².